The molecule has 0 aliphatic heterocycles. The first kappa shape index (κ1) is 22.0. The molecule has 0 N–H and O–H groups in total. The largest absolute Gasteiger partial charge is 0.469 e. The van der Waals surface area contributed by atoms with Gasteiger partial charge in [0, 0.05) is 31.2 Å². The number of ether oxygens (including phenoxy) is 1. The molecule has 4 aromatic heterocycles. The predicted octanol–water partition coefficient (Wildman–Crippen LogP) is 3.60. The first-order chi connectivity index (χ1) is 15.2. The van der Waals surface area contributed by atoms with Gasteiger partial charge < -0.3 is 9.30 Å². The molecule has 4 aromatic rings. The third-order valence-corrected chi connectivity index (χ3v) is 5.24. The zero-order chi connectivity index (χ0) is 23.2. The van der Waals surface area contributed by atoms with Gasteiger partial charge in [0.05, 0.1) is 21.9 Å². The topological polar surface area (TPSA) is 119 Å². The number of aryl methyl sites for hydroxylation is 2. The highest BCUT2D eigenvalue weighted by molar-refractivity contribution is 6.35. The van der Waals surface area contributed by atoms with Crippen LogP contribution in [0.15, 0.2) is 18.6 Å². The van der Waals surface area contributed by atoms with Crippen molar-refractivity contribution >= 4 is 39.9 Å². The number of nitrogens with zero attached hydrogens (tertiary/aromatic N) is 8. The summed E-state index contributed by atoms with van der Waals surface area (Å²) >= 11 is 12.0. The van der Waals surface area contributed by atoms with Crippen LogP contribution in [-0.4, -0.2) is 51.8 Å². The molecule has 0 bridgehead atoms. The molecule has 4 rings (SSSR count). The summed E-state index contributed by atoms with van der Waals surface area (Å²) in [6.07, 6.45) is 3.17. The van der Waals surface area contributed by atoms with Gasteiger partial charge in [-0.3, -0.25) is 14.8 Å². The Balaban J connectivity index is 1.56. The highest BCUT2D eigenvalue weighted by atomic mass is 35.5. The van der Waals surface area contributed by atoms with Crippen molar-refractivity contribution in [3.05, 3.63) is 50.3 Å². The minimum absolute atomic E-state index is 0.00151. The highest BCUT2D eigenvalue weighted by Crippen LogP contribution is 2.32. The van der Waals surface area contributed by atoms with E-state index in [0.717, 1.165) is 5.56 Å². The Kier molecular flexibility index (Phi) is 5.73. The van der Waals surface area contributed by atoms with Crippen LogP contribution in [0.4, 0.5) is 10.1 Å². The minimum Gasteiger partial charge on any atom is -0.469 e. The maximum absolute atomic E-state index is 14.8. The molecule has 0 spiro atoms. The van der Waals surface area contributed by atoms with Crippen LogP contribution >= 0.6 is 23.2 Å². The van der Waals surface area contributed by atoms with Crippen LogP contribution in [0.1, 0.15) is 11.3 Å². The van der Waals surface area contributed by atoms with Crippen molar-refractivity contribution < 1.29 is 14.1 Å². The van der Waals surface area contributed by atoms with Crippen molar-refractivity contribution in [3.8, 4) is 11.7 Å². The van der Waals surface area contributed by atoms with Gasteiger partial charge >= 0.3 is 11.6 Å². The number of aromatic nitrogens is 7. The van der Waals surface area contributed by atoms with Crippen LogP contribution in [0, 0.1) is 24.0 Å². The van der Waals surface area contributed by atoms with Gasteiger partial charge in [0.15, 0.2) is 12.0 Å². The Morgan fingerprint density at radius 2 is 2.03 bits per heavy atom. The van der Waals surface area contributed by atoms with Gasteiger partial charge in [-0.15, -0.1) is 5.10 Å². The Bertz CT molecular complexity index is 1330. The molecule has 11 nitrogen and oxygen atoms in total. The molecule has 0 aliphatic rings. The van der Waals surface area contributed by atoms with Crippen LogP contribution in [-0.2, 0) is 13.6 Å². The third-order valence-electron chi connectivity index (χ3n) is 4.76. The molecular weight excluding hydrogens is 466 g/mol. The van der Waals surface area contributed by atoms with Crippen molar-refractivity contribution in [1.29, 1.82) is 0 Å². The van der Waals surface area contributed by atoms with E-state index in [0.29, 0.717) is 21.9 Å². The van der Waals surface area contributed by atoms with Crippen molar-refractivity contribution in [1.82, 2.24) is 34.1 Å². The molecule has 0 fully saturated rings. The molecule has 0 saturated heterocycles. The van der Waals surface area contributed by atoms with Crippen LogP contribution < -0.4 is 4.74 Å². The summed E-state index contributed by atoms with van der Waals surface area (Å²) in [6, 6.07) is 0. The monoisotopic (exact) mass is 482 g/mol. The van der Waals surface area contributed by atoms with Crippen molar-refractivity contribution in [2.45, 2.75) is 26.6 Å². The van der Waals surface area contributed by atoms with E-state index in [2.05, 4.69) is 20.2 Å². The SMILES string of the molecule is Cc1cn(C)nc1-n1nc(OCC(F)Cn2cc(Cl)c3cnc(Cl)nc32)c([N+](=O)[O-])c1C. The lowest BCUT2D eigenvalue weighted by Gasteiger charge is -2.10. The molecule has 0 aromatic carbocycles. The molecule has 0 radical (unpaired) electrons. The zero-order valence-electron chi connectivity index (χ0n) is 17.2. The van der Waals surface area contributed by atoms with Crippen molar-refractivity contribution in [2.24, 2.45) is 7.05 Å². The number of halogens is 3. The summed E-state index contributed by atoms with van der Waals surface area (Å²) in [7, 11) is 1.73. The molecule has 1 atom stereocenters. The summed E-state index contributed by atoms with van der Waals surface area (Å²) in [5.41, 5.74) is 1.00. The summed E-state index contributed by atoms with van der Waals surface area (Å²) in [5.74, 6) is 0.130. The third kappa shape index (κ3) is 3.98. The Hall–Kier alpha value is -3.25. The van der Waals surface area contributed by atoms with Gasteiger partial charge in [-0.1, -0.05) is 11.6 Å². The lowest BCUT2D eigenvalue weighted by molar-refractivity contribution is -0.386. The molecule has 0 saturated carbocycles. The van der Waals surface area contributed by atoms with Crippen LogP contribution in [0.25, 0.3) is 16.9 Å². The molecule has 168 valence electrons. The molecule has 1 unspecified atom stereocenters. The Labute approximate surface area is 190 Å². The fourth-order valence-corrected chi connectivity index (χ4v) is 3.75. The van der Waals surface area contributed by atoms with E-state index in [-0.39, 0.29) is 29.1 Å². The second kappa shape index (κ2) is 8.36. The average molecular weight is 483 g/mol. The molecule has 32 heavy (non-hydrogen) atoms. The molecular formula is C18H17Cl2FN8O3. The van der Waals surface area contributed by atoms with Crippen LogP contribution in [0.2, 0.25) is 10.3 Å². The highest BCUT2D eigenvalue weighted by Gasteiger charge is 2.29. The van der Waals surface area contributed by atoms with E-state index in [1.807, 2.05) is 0 Å². The summed E-state index contributed by atoms with van der Waals surface area (Å²) in [4.78, 5) is 18.9. The lowest BCUT2D eigenvalue weighted by Crippen LogP contribution is -2.20. The normalized spacial score (nSPS) is 12.4. The number of hydrogen-bond acceptors (Lipinski definition) is 7. The van der Waals surface area contributed by atoms with Crippen LogP contribution in [0.5, 0.6) is 5.88 Å². The summed E-state index contributed by atoms with van der Waals surface area (Å²) < 4.78 is 24.5. The smallest absolute Gasteiger partial charge is 0.353 e. The second-order valence-corrected chi connectivity index (χ2v) is 7.88. The summed E-state index contributed by atoms with van der Waals surface area (Å²) in [5, 5.41) is 20.9. The standard InChI is InChI=1S/C18H17Cl2FN8O3/c1-9-5-26(3)24-15(9)28-10(2)14(29(30)31)17(25-28)32-8-11(21)6-27-7-13(19)12-4-22-18(20)23-16(12)27/h4-5,7,11H,6,8H2,1-3H3. The molecule has 14 heteroatoms. The Morgan fingerprint density at radius 3 is 2.69 bits per heavy atom. The maximum Gasteiger partial charge on any atom is 0.353 e. The van der Waals surface area contributed by atoms with Gasteiger partial charge in [-0.05, 0) is 25.4 Å². The first-order valence-corrected chi connectivity index (χ1v) is 10.1. The first-order valence-electron chi connectivity index (χ1n) is 9.34. The minimum atomic E-state index is -1.54. The van der Waals surface area contributed by atoms with Gasteiger partial charge in [0.1, 0.15) is 17.9 Å². The van der Waals surface area contributed by atoms with E-state index in [1.54, 1.807) is 24.9 Å². The number of rotatable bonds is 7. The molecule has 0 amide bonds. The Morgan fingerprint density at radius 1 is 1.28 bits per heavy atom. The maximum atomic E-state index is 14.8. The van der Waals surface area contributed by atoms with Gasteiger partial charge in [0.2, 0.25) is 5.28 Å². The van der Waals surface area contributed by atoms with Crippen LogP contribution in [0.3, 0.4) is 0 Å². The lowest BCUT2D eigenvalue weighted by atomic mass is 10.3. The van der Waals surface area contributed by atoms with Crippen molar-refractivity contribution in [2.75, 3.05) is 6.61 Å². The van der Waals surface area contributed by atoms with E-state index in [9.17, 15) is 14.5 Å². The fourth-order valence-electron chi connectivity index (χ4n) is 3.37. The number of alkyl halides is 1. The molecule has 4 heterocycles. The van der Waals surface area contributed by atoms with Gasteiger partial charge in [0.25, 0.3) is 0 Å². The van der Waals surface area contributed by atoms with Gasteiger partial charge in [-0.2, -0.15) is 10.1 Å². The van der Waals surface area contributed by atoms with E-state index >= 15 is 0 Å². The van der Waals surface area contributed by atoms with E-state index in [1.165, 1.54) is 28.6 Å². The quantitative estimate of drug-likeness (QED) is 0.224. The van der Waals surface area contributed by atoms with Crippen molar-refractivity contribution in [3.63, 3.8) is 0 Å². The fraction of sp³-hybridized carbons (Fsp3) is 0.333. The number of hydrogen-bond donors (Lipinski definition) is 0. The van der Waals surface area contributed by atoms with E-state index < -0.39 is 17.7 Å². The van der Waals surface area contributed by atoms with E-state index in [4.69, 9.17) is 27.9 Å². The number of nitro groups is 1. The second-order valence-electron chi connectivity index (χ2n) is 7.13. The summed E-state index contributed by atoms with van der Waals surface area (Å²) in [6.45, 7) is 2.68. The molecule has 0 aliphatic carbocycles. The predicted molar refractivity (Wildman–Crippen MR) is 114 cm³/mol. The average Bonchev–Trinajstić information content (AvgIpc) is 3.33. The van der Waals surface area contributed by atoms with Gasteiger partial charge in [-0.25, -0.2) is 14.1 Å². The zero-order valence-corrected chi connectivity index (χ0v) is 18.7. The number of fused-ring (bicyclic) bond motifs is 1.